The van der Waals surface area contributed by atoms with E-state index in [9.17, 15) is 14.7 Å². The second-order valence-corrected chi connectivity index (χ2v) is 6.62. The lowest BCUT2D eigenvalue weighted by Gasteiger charge is -2.34. The first kappa shape index (κ1) is 18.0. The van der Waals surface area contributed by atoms with E-state index in [4.69, 9.17) is 9.15 Å². The Balaban J connectivity index is 1.73. The van der Waals surface area contributed by atoms with Gasteiger partial charge in [0.25, 0.3) is 5.91 Å². The zero-order valence-corrected chi connectivity index (χ0v) is 15.2. The third-order valence-corrected chi connectivity index (χ3v) is 4.53. The molecule has 0 bridgehead atoms. The molecule has 1 amide bonds. The van der Waals surface area contributed by atoms with Gasteiger partial charge >= 0.3 is 5.97 Å². The lowest BCUT2D eigenvalue weighted by Crippen LogP contribution is -2.52. The lowest BCUT2D eigenvalue weighted by atomic mass is 10.2. The molecule has 28 heavy (non-hydrogen) atoms. The van der Waals surface area contributed by atoms with Gasteiger partial charge in [0, 0.05) is 12.6 Å². The van der Waals surface area contributed by atoms with Gasteiger partial charge in [0.15, 0.2) is 11.9 Å². The molecule has 3 aromatic rings. The molecule has 3 heterocycles. The molecule has 1 aliphatic heterocycles. The molecule has 4 rings (SSSR count). The van der Waals surface area contributed by atoms with Crippen LogP contribution in [0, 0.1) is 0 Å². The van der Waals surface area contributed by atoms with Gasteiger partial charge in [0.05, 0.1) is 24.6 Å². The van der Waals surface area contributed by atoms with Gasteiger partial charge in [-0.2, -0.15) is 5.10 Å². The predicted molar refractivity (Wildman–Crippen MR) is 99.1 cm³/mol. The van der Waals surface area contributed by atoms with Crippen molar-refractivity contribution >= 4 is 11.9 Å². The van der Waals surface area contributed by atoms with Gasteiger partial charge in [-0.05, 0) is 31.2 Å². The van der Waals surface area contributed by atoms with Gasteiger partial charge in [-0.1, -0.05) is 18.2 Å². The quantitative estimate of drug-likeness (QED) is 0.745. The second kappa shape index (κ2) is 7.32. The van der Waals surface area contributed by atoms with Gasteiger partial charge in [-0.15, -0.1) is 0 Å². The van der Waals surface area contributed by atoms with Crippen molar-refractivity contribution in [3.8, 4) is 17.1 Å². The molecule has 0 spiro atoms. The number of aliphatic carboxylic acids is 1. The minimum atomic E-state index is -1.09. The molecule has 0 aliphatic carbocycles. The Morgan fingerprint density at radius 2 is 1.93 bits per heavy atom. The van der Waals surface area contributed by atoms with Crippen LogP contribution in [0.15, 0.2) is 59.2 Å². The van der Waals surface area contributed by atoms with Crippen molar-refractivity contribution < 1.29 is 23.8 Å². The summed E-state index contributed by atoms with van der Waals surface area (Å²) in [5.41, 5.74) is 1.57. The molecule has 1 unspecified atom stereocenters. The monoisotopic (exact) mass is 381 g/mol. The van der Waals surface area contributed by atoms with E-state index < -0.39 is 12.1 Å². The highest BCUT2D eigenvalue weighted by Gasteiger charge is 2.34. The van der Waals surface area contributed by atoms with Crippen molar-refractivity contribution in [2.45, 2.75) is 19.1 Å². The summed E-state index contributed by atoms with van der Waals surface area (Å²) in [4.78, 5) is 26.1. The smallest absolute Gasteiger partial charge is 0.334 e. The van der Waals surface area contributed by atoms with Crippen LogP contribution in [0.2, 0.25) is 0 Å². The maximum atomic E-state index is 13.3. The van der Waals surface area contributed by atoms with Crippen LogP contribution in [-0.4, -0.2) is 57.0 Å². The van der Waals surface area contributed by atoms with Crippen LogP contribution < -0.4 is 0 Å². The summed E-state index contributed by atoms with van der Waals surface area (Å²) in [6, 6.07) is 14.5. The number of carbonyl (C=O) groups excluding carboxylic acids is 1. The van der Waals surface area contributed by atoms with Crippen LogP contribution in [0.5, 0.6) is 0 Å². The standard InChI is InChI=1S/C20H19N3O5/c1-13-11-22(12-18(28-13)20(25)26)19(24)16-10-15(17-8-5-9-27-17)21-23(16)14-6-3-2-4-7-14/h2-10,13,18H,11-12H2,1H3,(H,25,26)/t13-,18?/m1/s1. The van der Waals surface area contributed by atoms with Crippen LogP contribution in [-0.2, 0) is 9.53 Å². The number of hydrogen-bond acceptors (Lipinski definition) is 5. The van der Waals surface area contributed by atoms with Gasteiger partial charge in [0.1, 0.15) is 11.4 Å². The van der Waals surface area contributed by atoms with Gasteiger partial charge in [0.2, 0.25) is 0 Å². The molecule has 1 N–H and O–H groups in total. The van der Waals surface area contributed by atoms with Gasteiger partial charge in [-0.3, -0.25) is 4.79 Å². The number of carboxylic acids is 1. The number of morpholine rings is 1. The average molecular weight is 381 g/mol. The average Bonchev–Trinajstić information content (AvgIpc) is 3.37. The molecule has 1 saturated heterocycles. The SMILES string of the molecule is C[C@@H]1CN(C(=O)c2cc(-c3ccco3)nn2-c2ccccc2)CC(C(=O)O)O1. The number of nitrogens with zero attached hydrogens (tertiary/aromatic N) is 3. The van der Waals surface area contributed by atoms with E-state index in [0.29, 0.717) is 23.7 Å². The molecule has 1 aliphatic rings. The Morgan fingerprint density at radius 1 is 1.14 bits per heavy atom. The van der Waals surface area contributed by atoms with Crippen LogP contribution in [0.3, 0.4) is 0 Å². The Kier molecular flexibility index (Phi) is 4.70. The molecular formula is C20H19N3O5. The summed E-state index contributed by atoms with van der Waals surface area (Å²) >= 11 is 0. The van der Waals surface area contributed by atoms with Crippen LogP contribution in [0.1, 0.15) is 17.4 Å². The first-order valence-corrected chi connectivity index (χ1v) is 8.90. The third kappa shape index (κ3) is 3.41. The maximum absolute atomic E-state index is 13.3. The zero-order chi connectivity index (χ0) is 19.7. The van der Waals surface area contributed by atoms with Crippen molar-refractivity contribution in [2.24, 2.45) is 0 Å². The number of rotatable bonds is 4. The normalized spacial score (nSPS) is 19.5. The number of benzene rings is 1. The van der Waals surface area contributed by atoms with Crippen LogP contribution in [0.25, 0.3) is 17.1 Å². The summed E-state index contributed by atoms with van der Waals surface area (Å²) in [7, 11) is 0. The summed E-state index contributed by atoms with van der Waals surface area (Å²) in [5, 5.41) is 13.8. The van der Waals surface area contributed by atoms with Gasteiger partial charge < -0.3 is 19.2 Å². The number of ether oxygens (including phenoxy) is 1. The largest absolute Gasteiger partial charge is 0.479 e. The molecule has 1 aromatic carbocycles. The van der Waals surface area contributed by atoms with Crippen LogP contribution >= 0.6 is 0 Å². The zero-order valence-electron chi connectivity index (χ0n) is 15.2. The number of carboxylic acid groups (broad SMARTS) is 1. The fourth-order valence-corrected chi connectivity index (χ4v) is 3.26. The third-order valence-electron chi connectivity index (χ3n) is 4.53. The first-order valence-electron chi connectivity index (χ1n) is 8.90. The summed E-state index contributed by atoms with van der Waals surface area (Å²) < 4.78 is 12.4. The molecule has 0 radical (unpaired) electrons. The maximum Gasteiger partial charge on any atom is 0.334 e. The Hall–Kier alpha value is -3.39. The fraction of sp³-hybridized carbons (Fsp3) is 0.250. The topological polar surface area (TPSA) is 97.8 Å². The molecule has 8 nitrogen and oxygen atoms in total. The van der Waals surface area contributed by atoms with Gasteiger partial charge in [-0.25, -0.2) is 9.48 Å². The highest BCUT2D eigenvalue weighted by atomic mass is 16.5. The highest BCUT2D eigenvalue weighted by Crippen LogP contribution is 2.24. The highest BCUT2D eigenvalue weighted by molar-refractivity contribution is 5.94. The second-order valence-electron chi connectivity index (χ2n) is 6.62. The number of aromatic nitrogens is 2. The van der Waals surface area contributed by atoms with Crippen molar-refractivity contribution in [3.63, 3.8) is 0 Å². The van der Waals surface area contributed by atoms with E-state index in [0.717, 1.165) is 5.69 Å². The van der Waals surface area contributed by atoms with Crippen molar-refractivity contribution in [2.75, 3.05) is 13.1 Å². The summed E-state index contributed by atoms with van der Waals surface area (Å²) in [6.07, 6.45) is 0.112. The van der Waals surface area contributed by atoms with Crippen molar-refractivity contribution in [1.82, 2.24) is 14.7 Å². The number of hydrogen-bond donors (Lipinski definition) is 1. The Bertz CT molecular complexity index is 981. The Labute approximate surface area is 160 Å². The molecular weight excluding hydrogens is 362 g/mol. The molecule has 2 aromatic heterocycles. The van der Waals surface area contributed by atoms with E-state index in [2.05, 4.69) is 5.10 Å². The summed E-state index contributed by atoms with van der Waals surface area (Å²) in [5.74, 6) is -0.852. The first-order chi connectivity index (χ1) is 13.5. The van der Waals surface area contributed by atoms with E-state index in [-0.39, 0.29) is 18.6 Å². The van der Waals surface area contributed by atoms with E-state index in [1.54, 1.807) is 36.1 Å². The molecule has 1 fully saturated rings. The van der Waals surface area contributed by atoms with Crippen molar-refractivity contribution in [1.29, 1.82) is 0 Å². The molecule has 2 atom stereocenters. The molecule has 144 valence electrons. The number of furan rings is 1. The Morgan fingerprint density at radius 3 is 2.61 bits per heavy atom. The minimum Gasteiger partial charge on any atom is -0.479 e. The fourth-order valence-electron chi connectivity index (χ4n) is 3.26. The molecule has 0 saturated carbocycles. The van der Waals surface area contributed by atoms with E-state index in [1.807, 2.05) is 30.3 Å². The number of amides is 1. The van der Waals surface area contributed by atoms with E-state index in [1.165, 1.54) is 4.90 Å². The predicted octanol–water partition coefficient (Wildman–Crippen LogP) is 2.45. The van der Waals surface area contributed by atoms with Crippen LogP contribution in [0.4, 0.5) is 0 Å². The van der Waals surface area contributed by atoms with Crippen molar-refractivity contribution in [3.05, 3.63) is 60.5 Å². The minimum absolute atomic E-state index is 0.0193. The number of carbonyl (C=O) groups is 2. The summed E-state index contributed by atoms with van der Waals surface area (Å²) in [6.45, 7) is 2.03. The molecule has 8 heteroatoms. The number of para-hydroxylation sites is 1. The van der Waals surface area contributed by atoms with E-state index >= 15 is 0 Å². The lowest BCUT2D eigenvalue weighted by molar-refractivity contribution is -0.160.